The van der Waals surface area contributed by atoms with Crippen LogP contribution in [0.3, 0.4) is 0 Å². The van der Waals surface area contributed by atoms with Gasteiger partial charge in [0.15, 0.2) is 0 Å². The minimum Gasteiger partial charge on any atom is -0.309 e. The van der Waals surface area contributed by atoms with E-state index in [1.807, 2.05) is 0 Å². The Bertz CT molecular complexity index is 5930. The molecular weight excluding hydrogens is 1250 g/mol. The lowest BCUT2D eigenvalue weighted by atomic mass is 9.66. The molecule has 0 amide bonds. The van der Waals surface area contributed by atoms with Crippen LogP contribution in [-0.4, -0.2) is 9.13 Å². The molecule has 20 rings (SSSR count). The van der Waals surface area contributed by atoms with Gasteiger partial charge in [-0.05, 0) is 207 Å². The van der Waals surface area contributed by atoms with Gasteiger partial charge < -0.3 is 9.13 Å². The number of nitrogens with zero attached hydrogens (tertiary/aromatic N) is 2. The molecule has 0 fully saturated rings. The lowest BCUT2D eigenvalue weighted by molar-refractivity contribution is 0.768. The van der Waals surface area contributed by atoms with Gasteiger partial charge in [0.2, 0.25) is 0 Å². The Morgan fingerprint density at radius 2 is 0.433 bits per heavy atom. The lowest BCUT2D eigenvalue weighted by Crippen LogP contribution is -2.29. The second kappa shape index (κ2) is 24.7. The Morgan fingerprint density at radius 1 is 0.183 bits per heavy atom. The van der Waals surface area contributed by atoms with Crippen LogP contribution in [0.5, 0.6) is 0 Å². The van der Waals surface area contributed by atoms with E-state index in [0.29, 0.717) is 0 Å². The highest BCUT2D eigenvalue weighted by molar-refractivity contribution is 6.11. The zero-order valence-corrected chi connectivity index (χ0v) is 57.2. The Kier molecular flexibility index (Phi) is 14.4. The second-order valence-corrected chi connectivity index (χ2v) is 27.8. The Morgan fingerprint density at radius 3 is 0.760 bits per heavy atom. The predicted octanol–water partition coefficient (Wildman–Crippen LogP) is 25.9. The van der Waals surface area contributed by atoms with Crippen LogP contribution in [0.2, 0.25) is 0 Å². The van der Waals surface area contributed by atoms with Crippen molar-refractivity contribution in [3.8, 4) is 67.0 Å². The molecule has 2 aliphatic carbocycles. The molecule has 0 radical (unpaired) electrons. The maximum Gasteiger partial charge on any atom is 0.0713 e. The first kappa shape index (κ1) is 60.6. The second-order valence-electron chi connectivity index (χ2n) is 27.8. The van der Waals surface area contributed by atoms with Crippen molar-refractivity contribution >= 4 is 67.9 Å². The van der Waals surface area contributed by atoms with Crippen molar-refractivity contribution in [2.75, 3.05) is 0 Å². The molecule has 0 bridgehead atoms. The molecule has 2 heteroatoms. The predicted molar refractivity (Wildman–Crippen MR) is 437 cm³/mol. The van der Waals surface area contributed by atoms with Gasteiger partial charge in [-0.1, -0.05) is 328 Å². The molecule has 2 nitrogen and oxygen atoms in total. The first-order valence-corrected chi connectivity index (χ1v) is 36.1. The van der Waals surface area contributed by atoms with E-state index in [1.165, 1.54) is 155 Å². The van der Waals surface area contributed by atoms with E-state index in [-0.39, 0.29) is 0 Å². The number of rotatable bonds is 13. The van der Waals surface area contributed by atoms with Crippen LogP contribution in [0.1, 0.15) is 66.8 Å². The van der Waals surface area contributed by atoms with Gasteiger partial charge in [-0.3, -0.25) is 0 Å². The third-order valence-corrected chi connectivity index (χ3v) is 22.3. The van der Waals surface area contributed by atoms with Crippen LogP contribution in [0.4, 0.5) is 0 Å². The summed E-state index contributed by atoms with van der Waals surface area (Å²) in [5, 5.41) is 5.00. The van der Waals surface area contributed by atoms with Gasteiger partial charge in [-0.15, -0.1) is 0 Å². The molecule has 2 aliphatic rings. The quantitative estimate of drug-likeness (QED) is 0.102. The Balaban J connectivity index is 0.650. The topological polar surface area (TPSA) is 9.86 Å². The minimum atomic E-state index is -0.631. The molecule has 0 saturated heterocycles. The zero-order chi connectivity index (χ0) is 68.7. The first-order chi connectivity index (χ1) is 51.5. The van der Waals surface area contributed by atoms with Crippen molar-refractivity contribution in [2.24, 2.45) is 0 Å². The van der Waals surface area contributed by atoms with Gasteiger partial charge in [0.05, 0.1) is 32.9 Å². The Hall–Kier alpha value is -13.4. The fourth-order valence-electron chi connectivity index (χ4n) is 17.6. The average Bonchev–Trinajstić information content (AvgIpc) is 1.53. The van der Waals surface area contributed by atoms with Gasteiger partial charge in [0.1, 0.15) is 0 Å². The highest BCUT2D eigenvalue weighted by Gasteiger charge is 2.48. The number of aromatic nitrogens is 2. The van der Waals surface area contributed by atoms with E-state index in [2.05, 4.69) is 422 Å². The SMILES string of the molecule is C(=C\c1ccc2c(c1)c1ccccc1n2-c1ccccc1)/c1ccc(-c2ccc3c(c2)C(c2ccccc2)(c2ccccc2)c2cc(-c4ccc5c(c4)C(c4ccccc4)(c4ccccc4)c4cc(-c6ccc(/C=C/c7ccc8c(c7)c7ccccc7n8-c7ccccc7)cc6)ccc4-5)ccc2-3)cc1. The molecule has 0 atom stereocenters. The molecule has 16 aromatic carbocycles. The minimum absolute atomic E-state index is 0.631. The molecule has 0 spiro atoms. The van der Waals surface area contributed by atoms with Crippen molar-refractivity contribution < 1.29 is 0 Å². The number of para-hydroxylation sites is 4. The smallest absolute Gasteiger partial charge is 0.0713 e. The average molecular weight is 1320 g/mol. The van der Waals surface area contributed by atoms with E-state index in [1.54, 1.807) is 0 Å². The monoisotopic (exact) mass is 1320 g/mol. The van der Waals surface area contributed by atoms with Crippen molar-refractivity contribution in [1.29, 1.82) is 0 Å². The van der Waals surface area contributed by atoms with E-state index < -0.39 is 10.8 Å². The zero-order valence-electron chi connectivity index (χ0n) is 57.2. The highest BCUT2D eigenvalue weighted by atomic mass is 15.0. The maximum absolute atomic E-state index is 2.52. The largest absolute Gasteiger partial charge is 0.309 e. The van der Waals surface area contributed by atoms with Gasteiger partial charge in [-0.25, -0.2) is 0 Å². The molecule has 2 heterocycles. The van der Waals surface area contributed by atoms with Crippen molar-refractivity contribution in [2.45, 2.75) is 10.8 Å². The summed E-state index contributed by atoms with van der Waals surface area (Å²) in [4.78, 5) is 0. The summed E-state index contributed by atoms with van der Waals surface area (Å²) in [5.41, 5.74) is 32.7. The summed E-state index contributed by atoms with van der Waals surface area (Å²) in [5.74, 6) is 0. The first-order valence-electron chi connectivity index (χ1n) is 36.1. The number of hydrogen-bond donors (Lipinski definition) is 0. The maximum atomic E-state index is 2.52. The highest BCUT2D eigenvalue weighted by Crippen LogP contribution is 2.60. The summed E-state index contributed by atoms with van der Waals surface area (Å²) in [7, 11) is 0. The molecule has 0 aliphatic heterocycles. The third kappa shape index (κ3) is 9.71. The van der Waals surface area contributed by atoms with Crippen LogP contribution in [-0.2, 0) is 10.8 Å². The summed E-state index contributed by atoms with van der Waals surface area (Å²) in [6.45, 7) is 0. The molecule has 0 N–H and O–H groups in total. The molecular formula is C102H68N2. The summed E-state index contributed by atoms with van der Waals surface area (Å²) < 4.78 is 4.74. The van der Waals surface area contributed by atoms with Crippen LogP contribution in [0.25, 0.3) is 135 Å². The lowest BCUT2D eigenvalue weighted by Gasteiger charge is -2.35. The fourth-order valence-corrected chi connectivity index (χ4v) is 17.6. The van der Waals surface area contributed by atoms with Crippen molar-refractivity contribution in [3.05, 3.63) is 455 Å². The van der Waals surface area contributed by atoms with Gasteiger partial charge in [0.25, 0.3) is 0 Å². The third-order valence-electron chi connectivity index (χ3n) is 22.3. The van der Waals surface area contributed by atoms with E-state index >= 15 is 0 Å². The number of fused-ring (bicyclic) bond motifs is 12. The van der Waals surface area contributed by atoms with Crippen LogP contribution < -0.4 is 0 Å². The van der Waals surface area contributed by atoms with E-state index in [4.69, 9.17) is 0 Å². The molecule has 0 saturated carbocycles. The summed E-state index contributed by atoms with van der Waals surface area (Å²) in [6.07, 6.45) is 8.96. The van der Waals surface area contributed by atoms with Gasteiger partial charge in [-0.2, -0.15) is 0 Å². The molecule has 0 unspecified atom stereocenters. The van der Waals surface area contributed by atoms with Crippen molar-refractivity contribution in [3.63, 3.8) is 0 Å². The molecule has 2 aromatic heterocycles. The van der Waals surface area contributed by atoms with Gasteiger partial charge >= 0.3 is 0 Å². The van der Waals surface area contributed by atoms with Crippen LogP contribution in [0, 0.1) is 0 Å². The molecule has 486 valence electrons. The summed E-state index contributed by atoms with van der Waals surface area (Å²) in [6, 6.07) is 144. The van der Waals surface area contributed by atoms with E-state index in [0.717, 1.165) is 22.5 Å². The van der Waals surface area contributed by atoms with Crippen LogP contribution >= 0.6 is 0 Å². The molecule has 18 aromatic rings. The Labute approximate surface area is 606 Å². The van der Waals surface area contributed by atoms with E-state index in [9.17, 15) is 0 Å². The summed E-state index contributed by atoms with van der Waals surface area (Å²) >= 11 is 0. The van der Waals surface area contributed by atoms with Gasteiger partial charge in [0, 0.05) is 32.9 Å². The van der Waals surface area contributed by atoms with Crippen LogP contribution in [0.15, 0.2) is 388 Å². The normalized spacial score (nSPS) is 13.3. The number of hydrogen-bond acceptors (Lipinski definition) is 0. The standard InChI is InChI=1S/C102H68N2/c1-7-23-79(24-8-1)101(80-25-9-2-10-26-80)93-65-75(73-49-43-69(44-50-73)39-41-71-47-61-99-91(63-71)89-35-19-21-37-97(89)103(99)83-31-15-5-16-32-83)53-57-85(93)87-59-55-77(67-95(87)101)78-56-60-88-86-58-54-76(66-94(86)102(96(88)68-78,81-27-11-3-12-28-81)82-29-13-4-14-30-82)74-51-45-70(46-52-74)40-42-72-48-62-100-92(64-72)90-36-20-22-38-98(90)104(100)84-33-17-6-18-34-84/h1-68H/b41-39+,42-40+. The number of benzene rings is 16. The molecule has 104 heavy (non-hydrogen) atoms. The van der Waals surface area contributed by atoms with Crippen molar-refractivity contribution in [1.82, 2.24) is 9.13 Å². The fraction of sp³-hybridized carbons (Fsp3) is 0.0196.